The van der Waals surface area contributed by atoms with E-state index in [2.05, 4.69) is 44.0 Å². The van der Waals surface area contributed by atoms with E-state index in [0.717, 1.165) is 0 Å². The summed E-state index contributed by atoms with van der Waals surface area (Å²) >= 11 is -0.552. The topological polar surface area (TPSA) is 15.8 Å². The van der Waals surface area contributed by atoms with Crippen LogP contribution in [0, 0.1) is 0 Å². The molecular weight excluding hydrogens is 327 g/mol. The third-order valence-corrected chi connectivity index (χ3v) is 10.8. The van der Waals surface area contributed by atoms with Crippen LogP contribution in [0.15, 0.2) is 36.5 Å². The van der Waals surface area contributed by atoms with Gasteiger partial charge in [-0.05, 0) is 17.5 Å². The van der Waals surface area contributed by atoms with Gasteiger partial charge in [-0.15, -0.1) is 0 Å². The number of aromatic nitrogens is 1. The second-order valence-electron chi connectivity index (χ2n) is 6.13. The van der Waals surface area contributed by atoms with Crippen LogP contribution in [0.25, 0.3) is 10.9 Å². The van der Waals surface area contributed by atoms with E-state index < -0.39 is 14.3 Å². The Morgan fingerprint density at radius 1 is 0.773 bits per heavy atom. The molecule has 0 aliphatic heterocycles. The average Bonchev–Trinajstić information content (AvgIpc) is 3.03. The van der Waals surface area contributed by atoms with E-state index in [1.807, 2.05) is 18.3 Å². The summed E-state index contributed by atoms with van der Waals surface area (Å²) < 4.78 is 0. The molecule has 2 aromatic rings. The summed E-state index contributed by atoms with van der Waals surface area (Å²) in [5.41, 5.74) is 1.21. The van der Waals surface area contributed by atoms with Gasteiger partial charge in [-0.1, -0.05) is 18.2 Å². The summed E-state index contributed by atoms with van der Waals surface area (Å²) in [6.45, 7) is 6.99. The molecule has 0 fully saturated rings. The molecule has 1 radical (unpaired) electrons. The normalized spacial score (nSPS) is 10.7. The Bertz CT molecular complexity index is 428. The third-order valence-electron chi connectivity index (χ3n) is 4.11. The summed E-state index contributed by atoms with van der Waals surface area (Å²) in [4.78, 5) is 3.12. The SMILES string of the molecule is CCC[CH2][Ge]([CH2]CCC)[CH2]CCC.c1ccc2[nH]ccc2c1. The van der Waals surface area contributed by atoms with Crippen LogP contribution in [-0.2, 0) is 0 Å². The van der Waals surface area contributed by atoms with Crippen LogP contribution in [0.5, 0.6) is 0 Å². The van der Waals surface area contributed by atoms with Crippen molar-refractivity contribution in [3.05, 3.63) is 36.5 Å². The van der Waals surface area contributed by atoms with Crippen molar-refractivity contribution in [2.24, 2.45) is 0 Å². The molecule has 0 unspecified atom stereocenters. The first kappa shape index (κ1) is 19.3. The van der Waals surface area contributed by atoms with E-state index in [1.165, 1.54) is 49.4 Å². The Balaban J connectivity index is 0.000000231. The Hall–Kier alpha value is -0.697. The van der Waals surface area contributed by atoms with E-state index in [1.54, 1.807) is 15.8 Å². The quantitative estimate of drug-likeness (QED) is 0.461. The van der Waals surface area contributed by atoms with Gasteiger partial charge in [0, 0.05) is 11.7 Å². The molecule has 0 saturated heterocycles. The number of rotatable bonds is 9. The number of aromatic amines is 1. The van der Waals surface area contributed by atoms with Crippen molar-refractivity contribution in [3.63, 3.8) is 0 Å². The molecule has 0 aliphatic rings. The maximum Gasteiger partial charge on any atom is 0.0453 e. The fourth-order valence-electron chi connectivity index (χ4n) is 2.65. The van der Waals surface area contributed by atoms with Gasteiger partial charge in [-0.2, -0.15) is 0 Å². The van der Waals surface area contributed by atoms with Crippen molar-refractivity contribution in [2.75, 3.05) is 0 Å². The van der Waals surface area contributed by atoms with Crippen molar-refractivity contribution in [1.29, 1.82) is 0 Å². The number of nitrogens with one attached hydrogen (secondary N) is 1. The number of unbranched alkanes of at least 4 members (excludes halogenated alkanes) is 3. The van der Waals surface area contributed by atoms with Crippen molar-refractivity contribution in [2.45, 2.75) is 75.1 Å². The minimum Gasteiger partial charge on any atom is -0.361 e. The molecule has 1 N–H and O–H groups in total. The van der Waals surface area contributed by atoms with Crippen molar-refractivity contribution in [1.82, 2.24) is 4.98 Å². The monoisotopic (exact) mass is 362 g/mol. The van der Waals surface area contributed by atoms with Crippen LogP contribution in [-0.4, -0.2) is 19.3 Å². The fourth-order valence-corrected chi connectivity index (χ4v) is 9.60. The zero-order valence-electron chi connectivity index (χ0n) is 14.8. The fraction of sp³-hybridized carbons (Fsp3) is 0.600. The standard InChI is InChI=1S/C12H27Ge.C8H7N/c1-4-7-10-13(11-8-5-2)12-9-6-3;1-2-4-8-7(3-1)5-6-9-8/h4-12H2,1-3H3;1-6,9H. The summed E-state index contributed by atoms with van der Waals surface area (Å²) in [7, 11) is 0. The molecule has 1 nitrogen and oxygen atoms in total. The number of benzene rings is 1. The first-order valence-corrected chi connectivity index (χ1v) is 13.6. The molecule has 0 saturated carbocycles. The minimum atomic E-state index is -0.552. The second-order valence-corrected chi connectivity index (χ2v) is 12.4. The zero-order valence-corrected chi connectivity index (χ0v) is 16.9. The van der Waals surface area contributed by atoms with Crippen molar-refractivity contribution >= 4 is 25.3 Å². The largest absolute Gasteiger partial charge is 0.361 e. The maximum atomic E-state index is 3.12. The second kappa shape index (κ2) is 12.8. The molecule has 1 aromatic carbocycles. The molecule has 22 heavy (non-hydrogen) atoms. The average molecular weight is 361 g/mol. The predicted molar refractivity (Wildman–Crippen MR) is 103 cm³/mol. The molecule has 0 atom stereocenters. The van der Waals surface area contributed by atoms with Crippen molar-refractivity contribution < 1.29 is 0 Å². The molecule has 2 rings (SSSR count). The molecular formula is C20H34GeN. The molecule has 0 bridgehead atoms. The third kappa shape index (κ3) is 8.07. The predicted octanol–water partition coefficient (Wildman–Crippen LogP) is 7.05. The first-order valence-electron chi connectivity index (χ1n) is 9.17. The zero-order chi connectivity index (χ0) is 16.0. The Kier molecular flexibility index (Phi) is 11.3. The number of fused-ring (bicyclic) bond motifs is 1. The summed E-state index contributed by atoms with van der Waals surface area (Å²) in [5, 5.41) is 6.22. The van der Waals surface area contributed by atoms with E-state index in [-0.39, 0.29) is 0 Å². The van der Waals surface area contributed by atoms with Crippen LogP contribution < -0.4 is 0 Å². The Morgan fingerprint density at radius 2 is 1.32 bits per heavy atom. The van der Waals surface area contributed by atoms with Crippen LogP contribution in [0.3, 0.4) is 0 Å². The molecule has 2 heteroatoms. The van der Waals surface area contributed by atoms with E-state index in [4.69, 9.17) is 0 Å². The molecule has 123 valence electrons. The van der Waals surface area contributed by atoms with Gasteiger partial charge in [0.05, 0.1) is 0 Å². The van der Waals surface area contributed by atoms with Gasteiger partial charge in [0.2, 0.25) is 0 Å². The summed E-state index contributed by atoms with van der Waals surface area (Å²) in [6, 6.07) is 10.3. The Labute approximate surface area is 142 Å². The van der Waals surface area contributed by atoms with Crippen LogP contribution >= 0.6 is 0 Å². The van der Waals surface area contributed by atoms with Gasteiger partial charge in [-0.3, -0.25) is 0 Å². The molecule has 1 aromatic heterocycles. The van der Waals surface area contributed by atoms with Gasteiger partial charge in [0.15, 0.2) is 0 Å². The number of hydrogen-bond donors (Lipinski definition) is 1. The van der Waals surface area contributed by atoms with Gasteiger partial charge < -0.3 is 4.98 Å². The van der Waals surface area contributed by atoms with E-state index in [9.17, 15) is 0 Å². The van der Waals surface area contributed by atoms with Gasteiger partial charge in [0.1, 0.15) is 0 Å². The van der Waals surface area contributed by atoms with Gasteiger partial charge in [0.25, 0.3) is 0 Å². The minimum absolute atomic E-state index is 0.552. The smallest absolute Gasteiger partial charge is 0.0453 e. The van der Waals surface area contributed by atoms with Gasteiger partial charge >= 0.3 is 89.4 Å². The number of para-hydroxylation sites is 1. The molecule has 0 spiro atoms. The number of H-pyrrole nitrogens is 1. The molecule has 0 amide bonds. The van der Waals surface area contributed by atoms with Gasteiger partial charge in [-0.25, -0.2) is 0 Å². The van der Waals surface area contributed by atoms with Crippen molar-refractivity contribution in [3.8, 4) is 0 Å². The number of hydrogen-bond acceptors (Lipinski definition) is 0. The van der Waals surface area contributed by atoms with E-state index >= 15 is 0 Å². The summed E-state index contributed by atoms with van der Waals surface area (Å²) in [5.74, 6) is 0. The Morgan fingerprint density at radius 3 is 1.82 bits per heavy atom. The van der Waals surface area contributed by atoms with E-state index in [0.29, 0.717) is 0 Å². The van der Waals surface area contributed by atoms with Crippen LogP contribution in [0.1, 0.15) is 59.3 Å². The summed E-state index contributed by atoms with van der Waals surface area (Å²) in [6.07, 6.45) is 10.7. The first-order chi connectivity index (χ1) is 10.8. The van der Waals surface area contributed by atoms with Crippen LogP contribution in [0.2, 0.25) is 15.8 Å². The molecule has 0 aliphatic carbocycles. The molecule has 1 heterocycles. The van der Waals surface area contributed by atoms with Crippen LogP contribution in [0.4, 0.5) is 0 Å². The maximum absolute atomic E-state index is 3.12.